The fourth-order valence-corrected chi connectivity index (χ4v) is 2.32. The topological polar surface area (TPSA) is 69.4 Å². The van der Waals surface area contributed by atoms with Crippen LogP contribution in [0.3, 0.4) is 0 Å². The number of hydrogen-bond donors (Lipinski definition) is 0. The van der Waals surface area contributed by atoms with Gasteiger partial charge in [-0.3, -0.25) is 14.9 Å². The Morgan fingerprint density at radius 1 is 1.19 bits per heavy atom. The van der Waals surface area contributed by atoms with E-state index in [1.165, 1.54) is 18.2 Å². The summed E-state index contributed by atoms with van der Waals surface area (Å²) in [6.07, 6.45) is 0.648. The standard InChI is InChI=1S/C13H6Br2FNO4/c14-9-3-8(2-1-7(9)6-18)21-13-5-11(16)10(15)4-12(13)17(19)20/h1-6H. The van der Waals surface area contributed by atoms with E-state index in [2.05, 4.69) is 31.9 Å². The van der Waals surface area contributed by atoms with Crippen LogP contribution in [-0.2, 0) is 0 Å². The van der Waals surface area contributed by atoms with Crippen LogP contribution in [0.5, 0.6) is 11.5 Å². The molecule has 0 saturated heterocycles. The number of rotatable bonds is 4. The van der Waals surface area contributed by atoms with Gasteiger partial charge >= 0.3 is 5.69 Å². The van der Waals surface area contributed by atoms with Gasteiger partial charge in [0.2, 0.25) is 5.75 Å². The van der Waals surface area contributed by atoms with Crippen LogP contribution in [-0.4, -0.2) is 11.2 Å². The number of ether oxygens (including phenoxy) is 1. The molecule has 0 spiro atoms. The van der Waals surface area contributed by atoms with Gasteiger partial charge in [0, 0.05) is 22.2 Å². The van der Waals surface area contributed by atoms with Gasteiger partial charge in [-0.2, -0.15) is 0 Å². The van der Waals surface area contributed by atoms with Crippen LogP contribution in [0.1, 0.15) is 10.4 Å². The quantitative estimate of drug-likeness (QED) is 0.403. The normalized spacial score (nSPS) is 10.2. The molecule has 0 bridgehead atoms. The third kappa shape index (κ3) is 3.45. The van der Waals surface area contributed by atoms with E-state index >= 15 is 0 Å². The highest BCUT2D eigenvalue weighted by molar-refractivity contribution is 9.10. The molecule has 0 aliphatic rings. The Bertz CT molecular complexity index is 736. The van der Waals surface area contributed by atoms with Crippen molar-refractivity contribution in [2.75, 3.05) is 0 Å². The molecule has 0 unspecified atom stereocenters. The first-order chi connectivity index (χ1) is 9.92. The Balaban J connectivity index is 2.43. The summed E-state index contributed by atoms with van der Waals surface area (Å²) in [5.74, 6) is -0.678. The summed E-state index contributed by atoms with van der Waals surface area (Å²) in [6.45, 7) is 0. The summed E-state index contributed by atoms with van der Waals surface area (Å²) < 4.78 is 19.3. The van der Waals surface area contributed by atoms with Gasteiger partial charge in [0.05, 0.1) is 9.40 Å². The third-order valence-electron chi connectivity index (χ3n) is 2.53. The predicted molar refractivity (Wildman–Crippen MR) is 80.4 cm³/mol. The second-order valence-corrected chi connectivity index (χ2v) is 5.60. The van der Waals surface area contributed by atoms with E-state index in [9.17, 15) is 19.3 Å². The molecule has 0 fully saturated rings. The average molecular weight is 419 g/mol. The van der Waals surface area contributed by atoms with E-state index in [0.717, 1.165) is 12.1 Å². The second kappa shape index (κ2) is 6.31. The van der Waals surface area contributed by atoms with E-state index in [0.29, 0.717) is 16.3 Å². The minimum absolute atomic E-state index is 0.0287. The smallest absolute Gasteiger partial charge is 0.312 e. The first-order valence-electron chi connectivity index (χ1n) is 5.48. The highest BCUT2D eigenvalue weighted by Gasteiger charge is 2.19. The number of benzene rings is 2. The maximum absolute atomic E-state index is 13.5. The Morgan fingerprint density at radius 2 is 1.90 bits per heavy atom. The monoisotopic (exact) mass is 417 g/mol. The zero-order valence-electron chi connectivity index (χ0n) is 10.2. The van der Waals surface area contributed by atoms with Crippen molar-refractivity contribution in [2.45, 2.75) is 0 Å². The molecule has 0 amide bonds. The number of carbonyl (C=O) groups is 1. The molecule has 8 heteroatoms. The van der Waals surface area contributed by atoms with Crippen molar-refractivity contribution in [1.29, 1.82) is 0 Å². The zero-order chi connectivity index (χ0) is 15.6. The van der Waals surface area contributed by atoms with Crippen molar-refractivity contribution in [3.63, 3.8) is 0 Å². The number of nitro groups is 1. The summed E-state index contributed by atoms with van der Waals surface area (Å²) in [5, 5.41) is 11.0. The molecular weight excluding hydrogens is 413 g/mol. The van der Waals surface area contributed by atoms with Gasteiger partial charge in [-0.15, -0.1) is 0 Å². The van der Waals surface area contributed by atoms with Crippen LogP contribution >= 0.6 is 31.9 Å². The second-order valence-electron chi connectivity index (χ2n) is 3.89. The van der Waals surface area contributed by atoms with Crippen LogP contribution in [0.2, 0.25) is 0 Å². The van der Waals surface area contributed by atoms with E-state index in [1.54, 1.807) is 0 Å². The fraction of sp³-hybridized carbons (Fsp3) is 0. The maximum atomic E-state index is 13.5. The Hall–Kier alpha value is -1.80. The highest BCUT2D eigenvalue weighted by Crippen LogP contribution is 2.36. The Labute approximate surface area is 135 Å². The molecule has 2 aromatic carbocycles. The van der Waals surface area contributed by atoms with E-state index in [4.69, 9.17) is 4.74 Å². The molecule has 0 aliphatic carbocycles. The summed E-state index contributed by atoms with van der Waals surface area (Å²) in [4.78, 5) is 21.0. The lowest BCUT2D eigenvalue weighted by molar-refractivity contribution is -0.385. The fourth-order valence-electron chi connectivity index (χ4n) is 1.54. The van der Waals surface area contributed by atoms with Crippen LogP contribution in [0.15, 0.2) is 39.3 Å². The first-order valence-corrected chi connectivity index (χ1v) is 7.07. The number of nitro benzene ring substituents is 1. The van der Waals surface area contributed by atoms with Crippen molar-refractivity contribution >= 4 is 43.8 Å². The molecule has 0 N–H and O–H groups in total. The summed E-state index contributed by atoms with van der Waals surface area (Å²) in [5.41, 5.74) is 0.0256. The molecule has 0 radical (unpaired) electrons. The van der Waals surface area contributed by atoms with Crippen molar-refractivity contribution in [3.8, 4) is 11.5 Å². The minimum Gasteiger partial charge on any atom is -0.450 e. The van der Waals surface area contributed by atoms with Crippen LogP contribution in [0.4, 0.5) is 10.1 Å². The van der Waals surface area contributed by atoms with Gasteiger partial charge < -0.3 is 4.74 Å². The van der Waals surface area contributed by atoms with Gasteiger partial charge in [0.15, 0.2) is 6.29 Å². The molecule has 2 rings (SSSR count). The molecule has 108 valence electrons. The molecule has 0 aliphatic heterocycles. The third-order valence-corrected chi connectivity index (χ3v) is 3.82. The first kappa shape index (κ1) is 15.6. The predicted octanol–water partition coefficient (Wildman–Crippen LogP) is 4.86. The van der Waals surface area contributed by atoms with Crippen LogP contribution in [0.25, 0.3) is 0 Å². The number of halogens is 3. The Kier molecular flexibility index (Phi) is 4.69. The van der Waals surface area contributed by atoms with Gasteiger partial charge in [0.25, 0.3) is 0 Å². The summed E-state index contributed by atoms with van der Waals surface area (Å²) in [6, 6.07) is 6.35. The lowest BCUT2D eigenvalue weighted by Crippen LogP contribution is -1.95. The van der Waals surface area contributed by atoms with Gasteiger partial charge in [0.1, 0.15) is 11.6 Å². The summed E-state index contributed by atoms with van der Waals surface area (Å²) in [7, 11) is 0. The van der Waals surface area contributed by atoms with Crippen molar-refractivity contribution in [2.24, 2.45) is 0 Å². The van der Waals surface area contributed by atoms with Crippen LogP contribution in [0, 0.1) is 15.9 Å². The minimum atomic E-state index is -0.681. The highest BCUT2D eigenvalue weighted by atomic mass is 79.9. The maximum Gasteiger partial charge on any atom is 0.312 e. The molecule has 0 aromatic heterocycles. The molecule has 0 heterocycles. The largest absolute Gasteiger partial charge is 0.450 e. The number of carbonyl (C=O) groups excluding carboxylic acids is 1. The van der Waals surface area contributed by atoms with Crippen LogP contribution < -0.4 is 4.74 Å². The van der Waals surface area contributed by atoms with E-state index < -0.39 is 10.7 Å². The lowest BCUT2D eigenvalue weighted by Gasteiger charge is -2.08. The molecule has 5 nitrogen and oxygen atoms in total. The molecule has 0 atom stereocenters. The van der Waals surface area contributed by atoms with Crippen molar-refractivity contribution < 1.29 is 18.8 Å². The SMILES string of the molecule is O=Cc1ccc(Oc2cc(F)c(Br)cc2[N+](=O)[O-])cc1Br. The average Bonchev–Trinajstić information content (AvgIpc) is 2.42. The van der Waals surface area contributed by atoms with Crippen molar-refractivity contribution in [3.05, 3.63) is 60.8 Å². The Morgan fingerprint density at radius 3 is 2.48 bits per heavy atom. The molecule has 21 heavy (non-hydrogen) atoms. The molecule has 2 aromatic rings. The lowest BCUT2D eigenvalue weighted by atomic mass is 10.2. The zero-order valence-corrected chi connectivity index (χ0v) is 13.4. The van der Waals surface area contributed by atoms with Gasteiger partial charge in [-0.25, -0.2) is 4.39 Å². The van der Waals surface area contributed by atoms with E-state index in [1.807, 2.05) is 0 Å². The molecular formula is C13H6Br2FNO4. The number of hydrogen-bond acceptors (Lipinski definition) is 4. The van der Waals surface area contributed by atoms with Crippen molar-refractivity contribution in [1.82, 2.24) is 0 Å². The molecule has 0 saturated carbocycles. The number of nitrogens with zero attached hydrogens (tertiary/aromatic N) is 1. The van der Waals surface area contributed by atoms with E-state index in [-0.39, 0.29) is 21.7 Å². The summed E-state index contributed by atoms with van der Waals surface area (Å²) >= 11 is 6.05. The van der Waals surface area contributed by atoms with Gasteiger partial charge in [-0.1, -0.05) is 0 Å². The number of aldehydes is 1. The van der Waals surface area contributed by atoms with Gasteiger partial charge in [-0.05, 0) is 50.1 Å².